The van der Waals surface area contributed by atoms with E-state index in [0.717, 1.165) is 19.4 Å². The highest BCUT2D eigenvalue weighted by molar-refractivity contribution is 5.81. The first-order chi connectivity index (χ1) is 9.67. The molecule has 6 heteroatoms. The highest BCUT2D eigenvalue weighted by atomic mass is 16.5. The second kappa shape index (κ2) is 7.04. The molecule has 3 unspecified atom stereocenters. The van der Waals surface area contributed by atoms with Gasteiger partial charge in [0.25, 0.3) is 0 Å². The number of hydrogen-bond acceptors (Lipinski definition) is 5. The van der Waals surface area contributed by atoms with Crippen LogP contribution in [0.5, 0.6) is 0 Å². The van der Waals surface area contributed by atoms with E-state index >= 15 is 0 Å². The Morgan fingerprint density at radius 1 is 1.40 bits per heavy atom. The predicted molar refractivity (Wildman–Crippen MR) is 73.1 cm³/mol. The smallest absolute Gasteiger partial charge is 0.310 e. The lowest BCUT2D eigenvalue weighted by Gasteiger charge is -2.34. The SMILES string of the molecule is CCOC(=O)C1CCCN(C(=O)C2COCC2NC)C1. The van der Waals surface area contributed by atoms with E-state index in [9.17, 15) is 9.59 Å². The molecule has 3 atom stereocenters. The van der Waals surface area contributed by atoms with Crippen molar-refractivity contribution in [3.63, 3.8) is 0 Å². The van der Waals surface area contributed by atoms with Crippen molar-refractivity contribution in [2.24, 2.45) is 11.8 Å². The second-order valence-electron chi connectivity index (χ2n) is 5.41. The molecule has 2 aliphatic heterocycles. The number of likely N-dealkylation sites (tertiary alicyclic amines) is 1. The molecule has 2 heterocycles. The van der Waals surface area contributed by atoms with E-state index in [1.165, 1.54) is 0 Å². The average Bonchev–Trinajstić information content (AvgIpc) is 2.95. The fourth-order valence-electron chi connectivity index (χ4n) is 2.95. The zero-order valence-corrected chi connectivity index (χ0v) is 12.3. The van der Waals surface area contributed by atoms with Crippen LogP contribution in [0.3, 0.4) is 0 Å². The Morgan fingerprint density at radius 2 is 2.20 bits per heavy atom. The van der Waals surface area contributed by atoms with Crippen LogP contribution in [0.25, 0.3) is 0 Å². The van der Waals surface area contributed by atoms with Crippen molar-refractivity contribution >= 4 is 11.9 Å². The number of esters is 1. The van der Waals surface area contributed by atoms with Crippen molar-refractivity contribution in [2.45, 2.75) is 25.8 Å². The fourth-order valence-corrected chi connectivity index (χ4v) is 2.95. The summed E-state index contributed by atoms with van der Waals surface area (Å²) in [6.07, 6.45) is 1.66. The number of amides is 1. The van der Waals surface area contributed by atoms with E-state index in [1.54, 1.807) is 11.8 Å². The van der Waals surface area contributed by atoms with Crippen molar-refractivity contribution < 1.29 is 19.1 Å². The van der Waals surface area contributed by atoms with E-state index in [2.05, 4.69) is 5.32 Å². The van der Waals surface area contributed by atoms with Crippen molar-refractivity contribution in [2.75, 3.05) is 40.0 Å². The molecule has 6 nitrogen and oxygen atoms in total. The summed E-state index contributed by atoms with van der Waals surface area (Å²) >= 11 is 0. The molecule has 2 fully saturated rings. The zero-order valence-electron chi connectivity index (χ0n) is 12.3. The van der Waals surface area contributed by atoms with Gasteiger partial charge in [-0.25, -0.2) is 0 Å². The lowest BCUT2D eigenvalue weighted by molar-refractivity contribution is -0.152. The summed E-state index contributed by atoms with van der Waals surface area (Å²) in [7, 11) is 1.84. The van der Waals surface area contributed by atoms with Crippen LogP contribution in [0.15, 0.2) is 0 Å². The molecule has 0 aromatic heterocycles. The number of hydrogen-bond donors (Lipinski definition) is 1. The summed E-state index contributed by atoms with van der Waals surface area (Å²) in [5.74, 6) is -0.405. The van der Waals surface area contributed by atoms with Crippen molar-refractivity contribution in [1.82, 2.24) is 10.2 Å². The van der Waals surface area contributed by atoms with Gasteiger partial charge in [0.15, 0.2) is 0 Å². The molecule has 0 aliphatic carbocycles. The second-order valence-corrected chi connectivity index (χ2v) is 5.41. The normalized spacial score (nSPS) is 30.3. The van der Waals surface area contributed by atoms with Gasteiger partial charge in [0.1, 0.15) is 0 Å². The van der Waals surface area contributed by atoms with Crippen LogP contribution in [-0.4, -0.2) is 62.8 Å². The van der Waals surface area contributed by atoms with E-state index in [1.807, 2.05) is 7.05 Å². The molecule has 2 saturated heterocycles. The minimum Gasteiger partial charge on any atom is -0.466 e. The summed E-state index contributed by atoms with van der Waals surface area (Å²) in [5.41, 5.74) is 0. The van der Waals surface area contributed by atoms with Gasteiger partial charge in [-0.1, -0.05) is 0 Å². The van der Waals surface area contributed by atoms with Gasteiger partial charge in [0.05, 0.1) is 31.7 Å². The van der Waals surface area contributed by atoms with Crippen LogP contribution in [0.2, 0.25) is 0 Å². The number of nitrogens with one attached hydrogen (secondary N) is 1. The van der Waals surface area contributed by atoms with E-state index < -0.39 is 0 Å². The number of rotatable bonds is 4. The summed E-state index contributed by atoms with van der Waals surface area (Å²) < 4.78 is 10.4. The van der Waals surface area contributed by atoms with Gasteiger partial charge in [-0.3, -0.25) is 9.59 Å². The zero-order chi connectivity index (χ0) is 14.5. The first-order valence-electron chi connectivity index (χ1n) is 7.37. The van der Waals surface area contributed by atoms with Crippen LogP contribution >= 0.6 is 0 Å². The predicted octanol–water partition coefficient (Wildman–Crippen LogP) is 0.0225. The number of carbonyl (C=O) groups is 2. The Kier molecular flexibility index (Phi) is 5.37. The van der Waals surface area contributed by atoms with Gasteiger partial charge < -0.3 is 19.7 Å². The van der Waals surface area contributed by atoms with Crippen LogP contribution < -0.4 is 5.32 Å². The molecule has 20 heavy (non-hydrogen) atoms. The summed E-state index contributed by atoms with van der Waals surface area (Å²) in [6.45, 7) is 4.43. The highest BCUT2D eigenvalue weighted by Crippen LogP contribution is 2.23. The third-order valence-electron chi connectivity index (χ3n) is 4.12. The molecule has 0 spiro atoms. The molecule has 0 bridgehead atoms. The minimum atomic E-state index is -0.183. The molecule has 0 radical (unpaired) electrons. The summed E-state index contributed by atoms with van der Waals surface area (Å²) in [4.78, 5) is 26.2. The van der Waals surface area contributed by atoms with E-state index in [4.69, 9.17) is 9.47 Å². The van der Waals surface area contributed by atoms with Gasteiger partial charge in [-0.05, 0) is 26.8 Å². The third-order valence-corrected chi connectivity index (χ3v) is 4.12. The highest BCUT2D eigenvalue weighted by Gasteiger charge is 2.38. The summed E-state index contributed by atoms with van der Waals surface area (Å²) in [5, 5.41) is 3.12. The number of ether oxygens (including phenoxy) is 2. The maximum absolute atomic E-state index is 12.5. The van der Waals surface area contributed by atoms with E-state index in [-0.39, 0.29) is 29.8 Å². The quantitative estimate of drug-likeness (QED) is 0.737. The Hall–Kier alpha value is -1.14. The van der Waals surface area contributed by atoms with Gasteiger partial charge in [-0.15, -0.1) is 0 Å². The Labute approximate surface area is 119 Å². The van der Waals surface area contributed by atoms with Gasteiger partial charge in [0, 0.05) is 19.1 Å². The molecule has 2 aliphatic rings. The van der Waals surface area contributed by atoms with Crippen molar-refractivity contribution in [3.05, 3.63) is 0 Å². The van der Waals surface area contributed by atoms with Crippen molar-refractivity contribution in [3.8, 4) is 0 Å². The first kappa shape index (κ1) is 15.3. The standard InChI is InChI=1S/C14H24N2O4/c1-3-20-14(18)10-5-4-6-16(7-10)13(17)11-8-19-9-12(11)15-2/h10-12,15H,3-9H2,1-2H3. The molecule has 0 aromatic rings. The molecular formula is C14H24N2O4. The topological polar surface area (TPSA) is 67.9 Å². The van der Waals surface area contributed by atoms with Crippen LogP contribution in [0.4, 0.5) is 0 Å². The Morgan fingerprint density at radius 3 is 2.90 bits per heavy atom. The first-order valence-corrected chi connectivity index (χ1v) is 7.37. The molecule has 0 saturated carbocycles. The van der Waals surface area contributed by atoms with Gasteiger partial charge >= 0.3 is 5.97 Å². The molecule has 1 amide bonds. The largest absolute Gasteiger partial charge is 0.466 e. The minimum absolute atomic E-state index is 0.0745. The maximum Gasteiger partial charge on any atom is 0.310 e. The Bertz CT molecular complexity index is 361. The van der Waals surface area contributed by atoms with Gasteiger partial charge in [-0.2, -0.15) is 0 Å². The Balaban J connectivity index is 1.94. The van der Waals surface area contributed by atoms with Crippen LogP contribution in [-0.2, 0) is 19.1 Å². The number of carbonyl (C=O) groups excluding carboxylic acids is 2. The lowest BCUT2D eigenvalue weighted by Crippen LogP contribution is -2.49. The number of likely N-dealkylation sites (N-methyl/N-ethyl adjacent to an activating group) is 1. The number of nitrogens with zero attached hydrogens (tertiary/aromatic N) is 1. The molecule has 2 rings (SSSR count). The molecule has 1 N–H and O–H groups in total. The molecule has 114 valence electrons. The van der Waals surface area contributed by atoms with E-state index in [0.29, 0.717) is 26.4 Å². The van der Waals surface area contributed by atoms with Gasteiger partial charge in [0.2, 0.25) is 5.91 Å². The molecule has 0 aromatic carbocycles. The maximum atomic E-state index is 12.5. The number of piperidine rings is 1. The van der Waals surface area contributed by atoms with Crippen molar-refractivity contribution in [1.29, 1.82) is 0 Å². The third kappa shape index (κ3) is 3.30. The monoisotopic (exact) mass is 284 g/mol. The lowest BCUT2D eigenvalue weighted by atomic mass is 9.95. The van der Waals surface area contributed by atoms with Crippen LogP contribution in [0, 0.1) is 11.8 Å². The fraction of sp³-hybridized carbons (Fsp3) is 0.857. The average molecular weight is 284 g/mol. The summed E-state index contributed by atoms with van der Waals surface area (Å²) in [6, 6.07) is 0.0745. The molecular weight excluding hydrogens is 260 g/mol. The van der Waals surface area contributed by atoms with Crippen LogP contribution in [0.1, 0.15) is 19.8 Å².